The van der Waals surface area contributed by atoms with Gasteiger partial charge in [-0.3, -0.25) is 14.4 Å². The maximum atomic E-state index is 14.6. The molecule has 41 atom stereocenters. The molecule has 23 nitrogen and oxygen atoms in total. The van der Waals surface area contributed by atoms with E-state index in [1.54, 1.807) is 0 Å². The van der Waals surface area contributed by atoms with Crippen LogP contribution in [0.2, 0.25) is 0 Å². The highest BCUT2D eigenvalue weighted by Gasteiger charge is 2.77. The fourth-order valence-corrected chi connectivity index (χ4v) is 34.3. The standard InChI is InChI=1S/2C36H60O8.C35H58O7/c2*1-20(2)10-9-14-36(8,44-31-30(42)29(41)28(40)23(19-37)43-31)21-11-16-35(7)27(21)22(38)18-25-33(5)15-13-26(39)32(3,4)24(33)12-17-34(25,35)6;1-20(2)10-9-14-35(8,42-30-29(40)28(39)23(37)19-41-30)21-11-16-34(7)27(21)22(36)18-25-32(5)15-13-26(38)31(3,4)24(32)12-17-33(25,34)6/h2*10,21,23-31,37,39-42H,9,11-19H2,1-8H3;10,21,23-30,37-40H,9,11-19H2,1-8H3/t21?,23?,24?,25?,26-,27?,28+,29-,30?,31+,33-,34+,35+,36-;21?,23?,24?,25?,26-,27?,28-,29-,30?,31-,33-,34+,35+,36-;21?,23-,24?,25?,26+,27?,28+,29?,30+,32+,33-,34-,35+/m001/s1. The summed E-state index contributed by atoms with van der Waals surface area (Å²) < 4.78 is 37.5. The number of aliphatic hydroxyl groups is 14. The Kier molecular flexibility index (Phi) is 29.9. The second kappa shape index (κ2) is 37.1. The Morgan fingerprint density at radius 1 is 0.338 bits per heavy atom. The van der Waals surface area contributed by atoms with Crippen molar-refractivity contribution in [3.05, 3.63) is 34.9 Å². The number of carbonyl (C=O) groups is 3. The van der Waals surface area contributed by atoms with E-state index in [9.17, 15) is 85.9 Å². The van der Waals surface area contributed by atoms with Gasteiger partial charge >= 0.3 is 0 Å². The van der Waals surface area contributed by atoms with Crippen LogP contribution in [-0.2, 0) is 42.8 Å². The summed E-state index contributed by atoms with van der Waals surface area (Å²) in [6, 6.07) is 0. The molecule has 3 saturated heterocycles. The Balaban J connectivity index is 0.000000166. The van der Waals surface area contributed by atoms with Crippen molar-refractivity contribution in [2.75, 3.05) is 19.8 Å². The number of aliphatic hydroxyl groups excluding tert-OH is 14. The van der Waals surface area contributed by atoms with Gasteiger partial charge in [0.25, 0.3) is 0 Å². The molecule has 17 unspecified atom stereocenters. The highest BCUT2D eigenvalue weighted by atomic mass is 16.7. The first kappa shape index (κ1) is 105. The largest absolute Gasteiger partial charge is 0.394 e. The van der Waals surface area contributed by atoms with Crippen LogP contribution in [0, 0.1) is 136 Å². The van der Waals surface area contributed by atoms with Crippen LogP contribution in [0.3, 0.4) is 0 Å². The lowest BCUT2D eigenvalue weighted by Gasteiger charge is -2.69. The second-order valence-electron chi connectivity index (χ2n) is 50.9. The minimum absolute atomic E-state index is 0.00801. The van der Waals surface area contributed by atoms with Gasteiger partial charge in [0.1, 0.15) is 84.5 Å². The predicted octanol–water partition coefficient (Wildman–Crippen LogP) is 14.2. The summed E-state index contributed by atoms with van der Waals surface area (Å²) in [5, 5.41) is 148. The zero-order valence-corrected chi connectivity index (χ0v) is 84.1. The first-order chi connectivity index (χ1) is 60.2. The number of allylic oxidation sites excluding steroid dienone is 6. The second-order valence-corrected chi connectivity index (χ2v) is 50.9. The minimum Gasteiger partial charge on any atom is -0.394 e. The van der Waals surface area contributed by atoms with Gasteiger partial charge in [0, 0.05) is 37.0 Å². The van der Waals surface area contributed by atoms with Crippen molar-refractivity contribution in [1.82, 2.24) is 0 Å². The van der Waals surface area contributed by atoms with E-state index in [-0.39, 0.29) is 143 Å². The number of ether oxygens (including phenoxy) is 6. The monoisotopic (exact) mass is 1830 g/mol. The van der Waals surface area contributed by atoms with Gasteiger partial charge in [-0.2, -0.15) is 0 Å². The number of hydrogen-bond acceptors (Lipinski definition) is 23. The van der Waals surface area contributed by atoms with E-state index >= 15 is 0 Å². The van der Waals surface area contributed by atoms with Gasteiger partial charge in [-0.25, -0.2) is 0 Å². The van der Waals surface area contributed by atoms with Crippen molar-refractivity contribution in [2.24, 2.45) is 136 Å². The van der Waals surface area contributed by atoms with Crippen LogP contribution in [0.4, 0.5) is 0 Å². The summed E-state index contributed by atoms with van der Waals surface area (Å²) in [6.07, 6.45) is 9.56. The summed E-state index contributed by atoms with van der Waals surface area (Å²) in [5.41, 5.74) is -0.209. The van der Waals surface area contributed by atoms with E-state index in [0.29, 0.717) is 73.6 Å². The molecular formula is C107H178O23. The predicted molar refractivity (Wildman–Crippen MR) is 496 cm³/mol. The maximum absolute atomic E-state index is 14.6. The lowest BCUT2D eigenvalue weighted by Crippen LogP contribution is -2.66. The van der Waals surface area contributed by atoms with E-state index in [1.807, 2.05) is 13.8 Å². The summed E-state index contributed by atoms with van der Waals surface area (Å²) >= 11 is 0. The first-order valence-corrected chi connectivity index (χ1v) is 51.0. The van der Waals surface area contributed by atoms with Gasteiger partial charge in [0.2, 0.25) is 0 Å². The third-order valence-corrected chi connectivity index (χ3v) is 42.7. The molecule has 23 heteroatoms. The van der Waals surface area contributed by atoms with Gasteiger partial charge in [-0.1, -0.05) is 139 Å². The first-order valence-electron chi connectivity index (χ1n) is 51.0. The highest BCUT2D eigenvalue weighted by Crippen LogP contribution is 2.80. The number of ketones is 3. The highest BCUT2D eigenvalue weighted by molar-refractivity contribution is 5.86. The summed E-state index contributed by atoms with van der Waals surface area (Å²) in [6.45, 7) is 52.3. The fourth-order valence-electron chi connectivity index (χ4n) is 34.3. The molecule has 0 spiro atoms. The molecular weight excluding hydrogens is 1650 g/mol. The molecule has 0 radical (unpaired) electrons. The number of fused-ring (bicyclic) bond motifs is 15. The molecule has 3 aliphatic heterocycles. The van der Waals surface area contributed by atoms with Crippen LogP contribution in [0.5, 0.6) is 0 Å². The fraction of sp³-hybridized carbons (Fsp3) is 0.916. The van der Waals surface area contributed by atoms with Crippen molar-refractivity contribution in [1.29, 1.82) is 0 Å². The molecule has 0 aromatic carbocycles. The Morgan fingerprint density at radius 2 is 0.600 bits per heavy atom. The van der Waals surface area contributed by atoms with E-state index in [2.05, 4.69) is 171 Å². The molecule has 15 rings (SSSR count). The molecule has 15 aliphatic rings. The van der Waals surface area contributed by atoms with Crippen LogP contribution in [0.15, 0.2) is 34.9 Å². The number of rotatable bonds is 20. The van der Waals surface area contributed by atoms with E-state index in [0.717, 1.165) is 135 Å². The third-order valence-electron chi connectivity index (χ3n) is 42.7. The Labute approximate surface area is 779 Å². The molecule has 0 amide bonds. The van der Waals surface area contributed by atoms with Crippen molar-refractivity contribution >= 4 is 17.3 Å². The Bertz CT molecular complexity index is 3930. The topological polar surface area (TPSA) is 390 Å². The van der Waals surface area contributed by atoms with E-state index in [4.69, 9.17) is 28.4 Å². The SMILES string of the molecule is CC(C)=CCC[C@](C)(O[C@@H]1OC(CO)[C@H](O)[C@H](O)C1O)C1CC[C@]2(C)C1C(=O)CC1[C@@]3(C)CC[C@H](O)C(C)(C)C3CC[C@]12C.CC(C)=CCC[C@](C)(O[C@@H]1OC[C@@H](O)[C@H](O)C1O)C1CC[C@]2(C)C1C(=O)CC1[C@@]3(C)CC[C@H](O)C(C)(C)C3CC[C@]12C.CC(C)=CCC[C@](C)(O[C@H]1OC(CO)[C@@H](O)[C@H](O)C1O)C1CC[C@]2(C)C1C(=O)CC1[C@@]3(C)CC[C@H](O)C(C)(C)C3CC[C@]12C. The molecule has 14 N–H and O–H groups in total. The van der Waals surface area contributed by atoms with E-state index in [1.165, 1.54) is 16.7 Å². The van der Waals surface area contributed by atoms with Gasteiger partial charge in [-0.15, -0.1) is 0 Å². The number of carbonyl (C=O) groups excluding carboxylic acids is 3. The zero-order chi connectivity index (χ0) is 96.3. The average molecular weight is 1830 g/mol. The molecule has 3 heterocycles. The number of Topliss-reactive ketones (excluding diaryl/α,β-unsaturated/α-hetero) is 3. The van der Waals surface area contributed by atoms with Crippen molar-refractivity contribution in [3.8, 4) is 0 Å². The van der Waals surface area contributed by atoms with Crippen LogP contribution >= 0.6 is 0 Å². The lowest BCUT2D eigenvalue weighted by molar-refractivity contribution is -0.333. The van der Waals surface area contributed by atoms with Gasteiger partial charge in [0.15, 0.2) is 18.9 Å². The van der Waals surface area contributed by atoms with E-state index < -0.39 is 116 Å². The Morgan fingerprint density at radius 3 is 0.869 bits per heavy atom. The van der Waals surface area contributed by atoms with Gasteiger partial charge in [-0.05, 0) is 335 Å². The van der Waals surface area contributed by atoms with Crippen LogP contribution in [-0.4, -0.2) is 230 Å². The molecule has 15 fully saturated rings. The summed E-state index contributed by atoms with van der Waals surface area (Å²) in [4.78, 5) is 43.8. The molecule has 12 aliphatic carbocycles. The van der Waals surface area contributed by atoms with Gasteiger partial charge in [0.05, 0.1) is 54.9 Å². The smallest absolute Gasteiger partial charge is 0.187 e. The van der Waals surface area contributed by atoms with Crippen LogP contribution < -0.4 is 0 Å². The summed E-state index contributed by atoms with van der Waals surface area (Å²) in [7, 11) is 0. The van der Waals surface area contributed by atoms with Crippen molar-refractivity contribution in [3.63, 3.8) is 0 Å². The zero-order valence-electron chi connectivity index (χ0n) is 84.1. The normalized spacial score (nSPS) is 49.8. The van der Waals surface area contributed by atoms with Gasteiger partial charge < -0.3 is 99.9 Å². The molecule has 130 heavy (non-hydrogen) atoms. The maximum Gasteiger partial charge on any atom is 0.187 e. The third kappa shape index (κ3) is 17.1. The lowest BCUT2D eigenvalue weighted by atomic mass is 9.35. The molecule has 0 aromatic heterocycles. The average Bonchev–Trinajstić information content (AvgIpc) is 1.40. The van der Waals surface area contributed by atoms with Crippen molar-refractivity contribution in [2.45, 2.75) is 461 Å². The number of hydrogen-bond donors (Lipinski definition) is 14. The molecule has 744 valence electrons. The molecule has 12 saturated carbocycles. The minimum atomic E-state index is -1.52. The molecule has 0 aromatic rings. The quantitative estimate of drug-likeness (QED) is 0.0503. The summed E-state index contributed by atoms with van der Waals surface area (Å²) in [5.74, 6) is 1.96. The van der Waals surface area contributed by atoms with Crippen molar-refractivity contribution < 1.29 is 114 Å². The van der Waals surface area contributed by atoms with Crippen LogP contribution in [0.25, 0.3) is 0 Å². The Hall–Kier alpha value is -2.57. The van der Waals surface area contributed by atoms with Crippen LogP contribution in [0.1, 0.15) is 340 Å². The molecule has 0 bridgehead atoms.